The Balaban J connectivity index is 1.30. The molecule has 6 nitrogen and oxygen atoms in total. The van der Waals surface area contributed by atoms with Crippen LogP contribution in [0.4, 0.5) is 10.8 Å². The maximum atomic E-state index is 12.6. The number of benzene rings is 2. The molecule has 0 radical (unpaired) electrons. The van der Waals surface area contributed by atoms with Crippen LogP contribution in [0.1, 0.15) is 28.5 Å². The molecule has 0 bridgehead atoms. The highest BCUT2D eigenvalue weighted by Gasteiger charge is 2.34. The molecule has 1 unspecified atom stereocenters. The van der Waals surface area contributed by atoms with Gasteiger partial charge < -0.3 is 4.90 Å². The fourth-order valence-corrected chi connectivity index (χ4v) is 5.41. The summed E-state index contributed by atoms with van der Waals surface area (Å²) in [5.41, 5.74) is 2.99. The van der Waals surface area contributed by atoms with Crippen LogP contribution in [0.5, 0.6) is 0 Å². The van der Waals surface area contributed by atoms with E-state index in [0.29, 0.717) is 33.9 Å². The number of carbonyl (C=O) groups is 2. The van der Waals surface area contributed by atoms with Crippen molar-refractivity contribution < 1.29 is 9.59 Å². The molecule has 2 heterocycles. The van der Waals surface area contributed by atoms with E-state index in [9.17, 15) is 9.59 Å². The fraction of sp³-hybridized carbons (Fsp3) is 0.273. The molecule has 2 aromatic carbocycles. The molecule has 1 N–H and O–H groups in total. The van der Waals surface area contributed by atoms with Crippen molar-refractivity contribution in [3.8, 4) is 0 Å². The van der Waals surface area contributed by atoms with Crippen LogP contribution in [0.2, 0.25) is 10.0 Å². The smallest absolute Gasteiger partial charge is 0.236 e. The number of aryl methyl sites for hydroxylation is 1. The summed E-state index contributed by atoms with van der Waals surface area (Å²) in [6.45, 7) is 2.56. The first-order chi connectivity index (χ1) is 15.4. The van der Waals surface area contributed by atoms with Gasteiger partial charge in [0.1, 0.15) is 5.01 Å². The zero-order valence-corrected chi connectivity index (χ0v) is 20.3. The second-order valence-corrected chi connectivity index (χ2v) is 10.2. The average molecular weight is 507 g/mol. The molecule has 1 aliphatic heterocycles. The summed E-state index contributed by atoms with van der Waals surface area (Å²) in [6, 6.07) is 13.3. The Morgan fingerprint density at radius 3 is 2.81 bits per heavy atom. The number of hydrogen-bond donors (Lipinski definition) is 1. The van der Waals surface area contributed by atoms with Crippen molar-refractivity contribution in [1.29, 1.82) is 0 Å². The second-order valence-electron chi connectivity index (χ2n) is 7.43. The number of hydrogen-bond acceptors (Lipinski definition) is 6. The lowest BCUT2D eigenvalue weighted by Gasteiger charge is -2.18. The number of amides is 2. The summed E-state index contributed by atoms with van der Waals surface area (Å²) in [7, 11) is 0. The molecule has 1 aromatic heterocycles. The van der Waals surface area contributed by atoms with Crippen molar-refractivity contribution in [2.24, 2.45) is 0 Å². The number of aromatic nitrogens is 2. The van der Waals surface area contributed by atoms with Gasteiger partial charge in [0, 0.05) is 30.3 Å². The van der Waals surface area contributed by atoms with Gasteiger partial charge in [0.15, 0.2) is 0 Å². The number of halogens is 2. The molecule has 0 saturated carbocycles. The summed E-state index contributed by atoms with van der Waals surface area (Å²) in [4.78, 5) is 26.6. The minimum atomic E-state index is -0.151. The highest BCUT2D eigenvalue weighted by molar-refractivity contribution is 7.99. The molecule has 1 aliphatic rings. The predicted molar refractivity (Wildman–Crippen MR) is 132 cm³/mol. The highest BCUT2D eigenvalue weighted by atomic mass is 35.5. The third-order valence-corrected chi connectivity index (χ3v) is 7.80. The lowest BCUT2D eigenvalue weighted by Crippen LogP contribution is -2.25. The quantitative estimate of drug-likeness (QED) is 0.454. The Hall–Kier alpha value is -2.13. The van der Waals surface area contributed by atoms with Crippen LogP contribution in [0, 0.1) is 6.92 Å². The summed E-state index contributed by atoms with van der Waals surface area (Å²) in [5.74, 6) is 0.808. The van der Waals surface area contributed by atoms with Gasteiger partial charge in [0.2, 0.25) is 16.9 Å². The molecule has 166 valence electrons. The zero-order chi connectivity index (χ0) is 22.7. The topological polar surface area (TPSA) is 75.2 Å². The van der Waals surface area contributed by atoms with Crippen molar-refractivity contribution in [2.75, 3.05) is 22.5 Å². The van der Waals surface area contributed by atoms with E-state index in [4.69, 9.17) is 23.2 Å². The van der Waals surface area contributed by atoms with Crippen molar-refractivity contribution in [2.45, 2.75) is 25.0 Å². The first-order valence-corrected chi connectivity index (χ1v) is 12.6. The Morgan fingerprint density at radius 1 is 1.22 bits per heavy atom. The first-order valence-electron chi connectivity index (χ1n) is 9.91. The van der Waals surface area contributed by atoms with E-state index in [1.165, 1.54) is 23.1 Å². The van der Waals surface area contributed by atoms with Gasteiger partial charge in [-0.1, -0.05) is 58.8 Å². The fourth-order valence-electron chi connectivity index (χ4n) is 3.47. The van der Waals surface area contributed by atoms with E-state index in [2.05, 4.69) is 15.5 Å². The van der Waals surface area contributed by atoms with Crippen molar-refractivity contribution in [3.63, 3.8) is 0 Å². The normalized spacial score (nSPS) is 15.9. The molecule has 2 amide bonds. The van der Waals surface area contributed by atoms with Crippen LogP contribution in [-0.2, 0) is 15.3 Å². The highest BCUT2D eigenvalue weighted by Crippen LogP contribution is 2.35. The summed E-state index contributed by atoms with van der Waals surface area (Å²) < 4.78 is 0. The molecule has 1 atom stereocenters. The van der Waals surface area contributed by atoms with Gasteiger partial charge >= 0.3 is 0 Å². The van der Waals surface area contributed by atoms with E-state index < -0.39 is 0 Å². The zero-order valence-electron chi connectivity index (χ0n) is 17.2. The van der Waals surface area contributed by atoms with Crippen LogP contribution in [0.3, 0.4) is 0 Å². The molecule has 0 aliphatic carbocycles. The van der Waals surface area contributed by atoms with Crippen LogP contribution in [0.15, 0.2) is 42.5 Å². The number of rotatable bonds is 7. The minimum absolute atomic E-state index is 0.0331. The Morgan fingerprint density at radius 2 is 2.03 bits per heavy atom. The number of carbonyl (C=O) groups excluding carboxylic acids is 2. The summed E-state index contributed by atoms with van der Waals surface area (Å²) in [6.07, 6.45) is 0.385. The van der Waals surface area contributed by atoms with Gasteiger partial charge in [-0.2, -0.15) is 0 Å². The number of nitrogens with zero attached hydrogens (tertiary/aromatic N) is 3. The standard InChI is InChI=1S/C22H20Cl2N4O2S2/c1-13-4-2-3-5-18(13)28-10-15(9-20(28)30)21-26-27-22(32-21)25-19(29)12-31-11-14-6-7-16(23)17(24)8-14/h2-8,15H,9-12H2,1H3,(H,25,27,29). The van der Waals surface area contributed by atoms with Crippen LogP contribution < -0.4 is 10.2 Å². The maximum absolute atomic E-state index is 12.6. The third kappa shape index (κ3) is 5.43. The maximum Gasteiger partial charge on any atom is 0.236 e. The number of anilines is 2. The SMILES string of the molecule is Cc1ccccc1N1CC(c2nnc(NC(=O)CSCc3ccc(Cl)c(Cl)c3)s2)CC1=O. The van der Waals surface area contributed by atoms with Crippen molar-refractivity contribution in [3.05, 3.63) is 68.6 Å². The van der Waals surface area contributed by atoms with E-state index in [1.54, 1.807) is 17.0 Å². The van der Waals surface area contributed by atoms with Gasteiger partial charge in [-0.3, -0.25) is 14.9 Å². The summed E-state index contributed by atoms with van der Waals surface area (Å²) >= 11 is 14.7. The Bertz CT molecular complexity index is 1150. The molecular formula is C22H20Cl2N4O2S2. The average Bonchev–Trinajstić information content (AvgIpc) is 3.37. The van der Waals surface area contributed by atoms with Crippen LogP contribution in [0.25, 0.3) is 0 Å². The van der Waals surface area contributed by atoms with Gasteiger partial charge in [-0.05, 0) is 36.2 Å². The molecule has 1 saturated heterocycles. The van der Waals surface area contributed by atoms with E-state index in [1.807, 2.05) is 37.3 Å². The molecular weight excluding hydrogens is 487 g/mol. The van der Waals surface area contributed by atoms with Gasteiger partial charge in [0.25, 0.3) is 0 Å². The number of nitrogens with one attached hydrogen (secondary N) is 1. The van der Waals surface area contributed by atoms with E-state index in [-0.39, 0.29) is 23.5 Å². The van der Waals surface area contributed by atoms with Crippen molar-refractivity contribution >= 4 is 68.9 Å². The van der Waals surface area contributed by atoms with Crippen LogP contribution in [-0.4, -0.2) is 34.3 Å². The predicted octanol–water partition coefficient (Wildman–Crippen LogP) is 5.55. The largest absolute Gasteiger partial charge is 0.311 e. The molecule has 0 spiro atoms. The Labute approximate surface area is 204 Å². The van der Waals surface area contributed by atoms with Crippen molar-refractivity contribution in [1.82, 2.24) is 10.2 Å². The van der Waals surface area contributed by atoms with E-state index in [0.717, 1.165) is 21.8 Å². The van der Waals surface area contributed by atoms with Gasteiger partial charge in [-0.15, -0.1) is 22.0 Å². The molecule has 32 heavy (non-hydrogen) atoms. The monoisotopic (exact) mass is 506 g/mol. The Kier molecular flexibility index (Phi) is 7.35. The molecule has 1 fully saturated rings. The lowest BCUT2D eigenvalue weighted by atomic mass is 10.1. The van der Waals surface area contributed by atoms with Gasteiger partial charge in [-0.25, -0.2) is 0 Å². The molecule has 4 rings (SSSR count). The van der Waals surface area contributed by atoms with Gasteiger partial charge in [0.05, 0.1) is 15.8 Å². The third-order valence-electron chi connectivity index (χ3n) is 5.05. The first kappa shape index (κ1) is 23.0. The number of thioether (sulfide) groups is 1. The number of para-hydroxylation sites is 1. The minimum Gasteiger partial charge on any atom is -0.311 e. The van der Waals surface area contributed by atoms with Crippen LogP contribution >= 0.6 is 46.3 Å². The summed E-state index contributed by atoms with van der Waals surface area (Å²) in [5, 5.41) is 13.3. The lowest BCUT2D eigenvalue weighted by molar-refractivity contribution is -0.117. The molecule has 3 aromatic rings. The molecule has 10 heteroatoms. The van der Waals surface area contributed by atoms with E-state index >= 15 is 0 Å². The second kappa shape index (κ2) is 10.2.